The molecule has 0 unspecified atom stereocenters. The highest BCUT2D eigenvalue weighted by molar-refractivity contribution is 7.18. The molecule has 0 saturated carbocycles. The van der Waals surface area contributed by atoms with Crippen molar-refractivity contribution in [3.63, 3.8) is 0 Å². The molecule has 0 aliphatic carbocycles. The molecular formula is C19H18N2O2S. The summed E-state index contributed by atoms with van der Waals surface area (Å²) in [6, 6.07) is 9.89. The maximum Gasteiger partial charge on any atom is 0.262 e. The first kappa shape index (κ1) is 15.1. The molecule has 1 aliphatic heterocycles. The van der Waals surface area contributed by atoms with Crippen molar-refractivity contribution in [2.45, 2.75) is 26.3 Å². The third kappa shape index (κ3) is 2.36. The highest BCUT2D eigenvalue weighted by Crippen LogP contribution is 2.31. The van der Waals surface area contributed by atoms with Gasteiger partial charge in [-0.05, 0) is 36.6 Å². The van der Waals surface area contributed by atoms with Gasteiger partial charge >= 0.3 is 0 Å². The number of hydrogen-bond donors (Lipinski definition) is 0. The van der Waals surface area contributed by atoms with Gasteiger partial charge in [-0.25, -0.2) is 4.98 Å². The Hall–Kier alpha value is -2.40. The first-order valence-electron chi connectivity index (χ1n) is 8.08. The maximum atomic E-state index is 12.7. The molecule has 1 aromatic carbocycles. The lowest BCUT2D eigenvalue weighted by molar-refractivity contribution is 0.414. The molecule has 5 heteroatoms. The van der Waals surface area contributed by atoms with Crippen molar-refractivity contribution >= 4 is 33.2 Å². The predicted octanol–water partition coefficient (Wildman–Crippen LogP) is 3.97. The van der Waals surface area contributed by atoms with Gasteiger partial charge in [-0.1, -0.05) is 25.1 Å². The molecule has 0 saturated heterocycles. The van der Waals surface area contributed by atoms with Crippen LogP contribution in [0.1, 0.15) is 29.6 Å². The van der Waals surface area contributed by atoms with E-state index in [0.717, 1.165) is 45.8 Å². The van der Waals surface area contributed by atoms with Crippen LogP contribution in [-0.4, -0.2) is 16.7 Å². The Morgan fingerprint density at radius 1 is 1.38 bits per heavy atom. The summed E-state index contributed by atoms with van der Waals surface area (Å²) in [4.78, 5) is 19.6. The lowest BCUT2D eigenvalue weighted by atomic mass is 10.1. The fourth-order valence-corrected chi connectivity index (χ4v) is 4.10. The van der Waals surface area contributed by atoms with Gasteiger partial charge in [-0.3, -0.25) is 9.36 Å². The van der Waals surface area contributed by atoms with Gasteiger partial charge < -0.3 is 4.74 Å². The molecule has 0 radical (unpaired) electrons. The van der Waals surface area contributed by atoms with Crippen LogP contribution in [0.25, 0.3) is 21.9 Å². The minimum atomic E-state index is 0.0781. The molecule has 0 fully saturated rings. The second kappa shape index (κ2) is 5.91. The number of aromatic nitrogens is 2. The summed E-state index contributed by atoms with van der Waals surface area (Å²) in [5.74, 6) is 1.62. The third-order valence-corrected chi connectivity index (χ3v) is 5.58. The summed E-state index contributed by atoms with van der Waals surface area (Å²) in [7, 11) is 1.67. The summed E-state index contributed by atoms with van der Waals surface area (Å²) in [6.45, 7) is 2.79. The number of benzene rings is 1. The van der Waals surface area contributed by atoms with Gasteiger partial charge in [-0.2, -0.15) is 0 Å². The molecule has 3 heterocycles. The maximum absolute atomic E-state index is 12.7. The monoisotopic (exact) mass is 338 g/mol. The van der Waals surface area contributed by atoms with Gasteiger partial charge in [0.05, 0.1) is 12.5 Å². The number of thiophene rings is 1. The van der Waals surface area contributed by atoms with Crippen LogP contribution in [0, 0.1) is 0 Å². The van der Waals surface area contributed by atoms with Gasteiger partial charge in [0.15, 0.2) is 0 Å². The van der Waals surface area contributed by atoms with Crippen LogP contribution in [-0.2, 0) is 13.0 Å². The summed E-state index contributed by atoms with van der Waals surface area (Å²) < 4.78 is 7.23. The number of nitrogens with zero attached hydrogens (tertiary/aromatic N) is 2. The summed E-state index contributed by atoms with van der Waals surface area (Å²) in [6.07, 6.45) is 3.84. The van der Waals surface area contributed by atoms with Crippen molar-refractivity contribution in [3.8, 4) is 5.75 Å². The molecule has 0 N–H and O–H groups in total. The molecule has 0 bridgehead atoms. The van der Waals surface area contributed by atoms with Crippen molar-refractivity contribution in [1.29, 1.82) is 0 Å². The van der Waals surface area contributed by atoms with Crippen molar-refractivity contribution in [2.75, 3.05) is 7.11 Å². The average Bonchev–Trinajstić information content (AvgIpc) is 3.20. The fourth-order valence-electron chi connectivity index (χ4n) is 3.15. The molecule has 1 aliphatic rings. The number of allylic oxidation sites excluding steroid dienone is 1. The second-order valence-corrected chi connectivity index (χ2v) is 6.95. The van der Waals surface area contributed by atoms with E-state index in [1.165, 1.54) is 4.88 Å². The number of fused-ring (bicyclic) bond motifs is 2. The minimum absolute atomic E-state index is 0.0781. The molecule has 4 nitrogen and oxygen atoms in total. The van der Waals surface area contributed by atoms with E-state index < -0.39 is 0 Å². The minimum Gasteiger partial charge on any atom is -0.496 e. The van der Waals surface area contributed by atoms with Gasteiger partial charge in [0, 0.05) is 17.0 Å². The molecule has 0 amide bonds. The largest absolute Gasteiger partial charge is 0.496 e. The van der Waals surface area contributed by atoms with Gasteiger partial charge in [0.25, 0.3) is 5.56 Å². The standard InChI is InChI=1S/C19H18N2O2S/c1-3-14-11-15-18(24-14)20-17-13(8-9-21(17)19(15)22)10-12-6-4-5-7-16(12)23-2/h4-7,10-11H,3,8-9H2,1-2H3/b13-10-. The Labute approximate surface area is 144 Å². The molecule has 24 heavy (non-hydrogen) atoms. The van der Waals surface area contributed by atoms with Gasteiger partial charge in [0.1, 0.15) is 16.4 Å². The zero-order valence-corrected chi connectivity index (χ0v) is 14.5. The highest BCUT2D eigenvalue weighted by Gasteiger charge is 2.22. The number of methoxy groups -OCH3 is 1. The van der Waals surface area contributed by atoms with Crippen LogP contribution in [0.3, 0.4) is 0 Å². The van der Waals surface area contributed by atoms with Crippen molar-refractivity contribution in [3.05, 3.63) is 57.0 Å². The predicted molar refractivity (Wildman–Crippen MR) is 98.7 cm³/mol. The zero-order valence-electron chi connectivity index (χ0n) is 13.7. The normalized spacial score (nSPS) is 15.2. The zero-order chi connectivity index (χ0) is 16.7. The average molecular weight is 338 g/mol. The topological polar surface area (TPSA) is 44.1 Å². The molecule has 4 rings (SSSR count). The lowest BCUT2D eigenvalue weighted by Gasteiger charge is -2.06. The SMILES string of the molecule is CCc1cc2c(=O)n3c(nc2s1)/C(=C\c1ccccc1OC)CC3. The summed E-state index contributed by atoms with van der Waals surface area (Å²) in [5.41, 5.74) is 2.18. The first-order chi connectivity index (χ1) is 11.7. The van der Waals surface area contributed by atoms with Crippen LogP contribution in [0.4, 0.5) is 0 Å². The Kier molecular flexibility index (Phi) is 3.73. The van der Waals surface area contributed by atoms with Crippen LogP contribution in [0.5, 0.6) is 5.75 Å². The molecular weight excluding hydrogens is 320 g/mol. The number of rotatable bonds is 3. The molecule has 0 spiro atoms. The fraction of sp³-hybridized carbons (Fsp3) is 0.263. The van der Waals surface area contributed by atoms with E-state index in [0.29, 0.717) is 6.54 Å². The molecule has 3 aromatic rings. The van der Waals surface area contributed by atoms with Crippen molar-refractivity contribution in [2.24, 2.45) is 0 Å². The quantitative estimate of drug-likeness (QED) is 0.726. The van der Waals surface area contributed by atoms with E-state index in [-0.39, 0.29) is 5.56 Å². The summed E-state index contributed by atoms with van der Waals surface area (Å²) >= 11 is 1.62. The third-order valence-electron chi connectivity index (χ3n) is 4.41. The number of aryl methyl sites for hydroxylation is 1. The van der Waals surface area contributed by atoms with Crippen LogP contribution in [0.2, 0.25) is 0 Å². The van der Waals surface area contributed by atoms with Gasteiger partial charge in [-0.15, -0.1) is 11.3 Å². The Bertz CT molecular complexity index is 1010. The highest BCUT2D eigenvalue weighted by atomic mass is 32.1. The Morgan fingerprint density at radius 3 is 3.00 bits per heavy atom. The smallest absolute Gasteiger partial charge is 0.262 e. The second-order valence-electron chi connectivity index (χ2n) is 5.84. The molecule has 0 atom stereocenters. The van der Waals surface area contributed by atoms with Crippen molar-refractivity contribution < 1.29 is 4.74 Å². The van der Waals surface area contributed by atoms with E-state index in [1.54, 1.807) is 23.0 Å². The van der Waals surface area contributed by atoms with E-state index in [1.807, 2.05) is 30.3 Å². The van der Waals surface area contributed by atoms with Crippen LogP contribution >= 0.6 is 11.3 Å². The van der Waals surface area contributed by atoms with E-state index in [4.69, 9.17) is 9.72 Å². The summed E-state index contributed by atoms with van der Waals surface area (Å²) in [5, 5.41) is 0.749. The Balaban J connectivity index is 1.88. The van der Waals surface area contributed by atoms with E-state index in [9.17, 15) is 4.79 Å². The number of hydrogen-bond acceptors (Lipinski definition) is 4. The molecule has 2 aromatic heterocycles. The van der Waals surface area contributed by atoms with E-state index in [2.05, 4.69) is 13.0 Å². The Morgan fingerprint density at radius 2 is 2.21 bits per heavy atom. The first-order valence-corrected chi connectivity index (χ1v) is 8.90. The lowest BCUT2D eigenvalue weighted by Crippen LogP contribution is -2.19. The molecule has 122 valence electrons. The number of ether oxygens (including phenoxy) is 1. The van der Waals surface area contributed by atoms with Crippen LogP contribution < -0.4 is 10.3 Å². The van der Waals surface area contributed by atoms with Crippen molar-refractivity contribution in [1.82, 2.24) is 9.55 Å². The van der Waals surface area contributed by atoms with Gasteiger partial charge in [0.2, 0.25) is 0 Å². The number of para-hydroxylation sites is 1. The van der Waals surface area contributed by atoms with E-state index >= 15 is 0 Å². The van der Waals surface area contributed by atoms with Crippen LogP contribution in [0.15, 0.2) is 35.1 Å².